The van der Waals surface area contributed by atoms with Crippen LogP contribution in [0.15, 0.2) is 11.6 Å². The van der Waals surface area contributed by atoms with Gasteiger partial charge in [-0.25, -0.2) is 0 Å². The summed E-state index contributed by atoms with van der Waals surface area (Å²) in [5.74, 6) is -1.33. The maximum atomic E-state index is 12.7. The van der Waals surface area contributed by atoms with E-state index in [1.165, 1.54) is 5.57 Å². The largest absolute Gasteiger partial charge is 0.465 e. The average Bonchev–Trinajstić information content (AvgIpc) is 2.38. The lowest BCUT2D eigenvalue weighted by Gasteiger charge is -2.34. The number of methoxy groups -OCH3 is 1. The summed E-state index contributed by atoms with van der Waals surface area (Å²) in [5, 5.41) is 0. The number of carbonyl (C=O) groups is 2. The molecule has 1 aliphatic heterocycles. The Balaban J connectivity index is 2.81. The van der Waals surface area contributed by atoms with E-state index in [-0.39, 0.29) is 12.5 Å². The summed E-state index contributed by atoms with van der Waals surface area (Å²) in [4.78, 5) is 26.6. The van der Waals surface area contributed by atoms with Crippen LogP contribution in [-0.2, 0) is 19.1 Å². The van der Waals surface area contributed by atoms with E-state index in [0.717, 1.165) is 6.42 Å². The first-order valence-electron chi connectivity index (χ1n) is 7.43. The predicted molar refractivity (Wildman–Crippen MR) is 80.7 cm³/mol. The van der Waals surface area contributed by atoms with Gasteiger partial charge in [0.25, 0.3) is 0 Å². The molecule has 0 aromatic heterocycles. The minimum absolute atomic E-state index is 0.145. The molecular formula is C16H27NO4. The van der Waals surface area contributed by atoms with Crippen molar-refractivity contribution in [2.45, 2.75) is 34.1 Å². The van der Waals surface area contributed by atoms with Gasteiger partial charge in [-0.05, 0) is 24.3 Å². The van der Waals surface area contributed by atoms with Crippen LogP contribution < -0.4 is 0 Å². The number of ether oxygens (including phenoxy) is 2. The molecule has 5 nitrogen and oxygen atoms in total. The second-order valence-electron chi connectivity index (χ2n) is 6.38. The highest BCUT2D eigenvalue weighted by Crippen LogP contribution is 2.30. The number of esters is 1. The molecule has 0 fully saturated rings. The molecule has 5 heteroatoms. The molecule has 1 heterocycles. The molecule has 0 radical (unpaired) electrons. The van der Waals surface area contributed by atoms with E-state index in [1.54, 1.807) is 18.9 Å². The van der Waals surface area contributed by atoms with Crippen molar-refractivity contribution in [1.82, 2.24) is 4.90 Å². The second-order valence-corrected chi connectivity index (χ2v) is 6.38. The van der Waals surface area contributed by atoms with Crippen LogP contribution in [0.5, 0.6) is 0 Å². The molecule has 120 valence electrons. The standard InChI is InChI=1S/C16H27NO4/c1-6-21-15(19)13(16(2,3)4)14(18)17-9-7-12(8-10-17)11-20-5/h7,13H,6,8-11H2,1-5H3. The zero-order chi connectivity index (χ0) is 16.0. The maximum Gasteiger partial charge on any atom is 0.319 e. The second kappa shape index (κ2) is 7.59. The van der Waals surface area contributed by atoms with E-state index in [1.807, 2.05) is 26.8 Å². The van der Waals surface area contributed by atoms with Gasteiger partial charge in [0, 0.05) is 20.2 Å². The fraction of sp³-hybridized carbons (Fsp3) is 0.750. The normalized spacial score (nSPS) is 17.2. The summed E-state index contributed by atoms with van der Waals surface area (Å²) in [6.45, 7) is 9.47. The molecule has 0 saturated heterocycles. The van der Waals surface area contributed by atoms with Gasteiger partial charge in [0.15, 0.2) is 0 Å². The Morgan fingerprint density at radius 2 is 2.05 bits per heavy atom. The smallest absolute Gasteiger partial charge is 0.319 e. The van der Waals surface area contributed by atoms with Crippen molar-refractivity contribution in [1.29, 1.82) is 0 Å². The average molecular weight is 297 g/mol. The molecule has 1 amide bonds. The minimum atomic E-state index is -0.755. The molecule has 0 aliphatic carbocycles. The van der Waals surface area contributed by atoms with Crippen LogP contribution in [0.2, 0.25) is 0 Å². The van der Waals surface area contributed by atoms with Crippen LogP contribution in [0.1, 0.15) is 34.1 Å². The first-order chi connectivity index (χ1) is 9.81. The van der Waals surface area contributed by atoms with Gasteiger partial charge < -0.3 is 14.4 Å². The van der Waals surface area contributed by atoms with E-state index in [2.05, 4.69) is 0 Å². The van der Waals surface area contributed by atoms with Crippen molar-refractivity contribution in [3.8, 4) is 0 Å². The molecule has 0 spiro atoms. The van der Waals surface area contributed by atoms with Crippen LogP contribution >= 0.6 is 0 Å². The van der Waals surface area contributed by atoms with Gasteiger partial charge in [0.05, 0.1) is 13.2 Å². The van der Waals surface area contributed by atoms with Crippen molar-refractivity contribution >= 4 is 11.9 Å². The predicted octanol–water partition coefficient (Wildman–Crippen LogP) is 2.02. The highest BCUT2D eigenvalue weighted by atomic mass is 16.5. The molecule has 21 heavy (non-hydrogen) atoms. The molecule has 0 aromatic carbocycles. The molecule has 0 saturated carbocycles. The summed E-state index contributed by atoms with van der Waals surface area (Å²) in [6, 6.07) is 0. The molecule has 1 rings (SSSR count). The third-order valence-electron chi connectivity index (χ3n) is 3.58. The molecule has 1 aliphatic rings. The van der Waals surface area contributed by atoms with E-state index < -0.39 is 17.3 Å². The van der Waals surface area contributed by atoms with Crippen molar-refractivity contribution in [2.24, 2.45) is 11.3 Å². The van der Waals surface area contributed by atoms with E-state index in [4.69, 9.17) is 9.47 Å². The van der Waals surface area contributed by atoms with Gasteiger partial charge in [0.2, 0.25) is 5.91 Å². The summed E-state index contributed by atoms with van der Waals surface area (Å²) >= 11 is 0. The van der Waals surface area contributed by atoms with Gasteiger partial charge >= 0.3 is 5.97 Å². The zero-order valence-electron chi connectivity index (χ0n) is 13.8. The third kappa shape index (κ3) is 4.84. The van der Waals surface area contributed by atoms with Gasteiger partial charge in [0.1, 0.15) is 5.92 Å². The van der Waals surface area contributed by atoms with Gasteiger partial charge in [-0.3, -0.25) is 9.59 Å². The van der Waals surface area contributed by atoms with Crippen LogP contribution in [0, 0.1) is 11.3 Å². The van der Waals surface area contributed by atoms with Gasteiger partial charge in [-0.1, -0.05) is 26.8 Å². The Labute approximate surface area is 127 Å². The molecule has 0 N–H and O–H groups in total. The minimum Gasteiger partial charge on any atom is -0.465 e. The summed E-state index contributed by atoms with van der Waals surface area (Å²) in [6.07, 6.45) is 2.80. The third-order valence-corrected chi connectivity index (χ3v) is 3.58. The first-order valence-corrected chi connectivity index (χ1v) is 7.43. The summed E-state index contributed by atoms with van der Waals surface area (Å²) in [5.41, 5.74) is 0.741. The topological polar surface area (TPSA) is 55.8 Å². The van der Waals surface area contributed by atoms with Crippen LogP contribution in [0.3, 0.4) is 0 Å². The lowest BCUT2D eigenvalue weighted by atomic mass is 9.79. The van der Waals surface area contributed by atoms with Crippen molar-refractivity contribution in [3.63, 3.8) is 0 Å². The molecular weight excluding hydrogens is 270 g/mol. The Hall–Kier alpha value is -1.36. The number of hydrogen-bond acceptors (Lipinski definition) is 4. The number of rotatable bonds is 5. The molecule has 0 bridgehead atoms. The Bertz CT molecular complexity index is 409. The lowest BCUT2D eigenvalue weighted by Crippen LogP contribution is -2.47. The van der Waals surface area contributed by atoms with Gasteiger partial charge in [-0.15, -0.1) is 0 Å². The molecule has 1 unspecified atom stereocenters. The SMILES string of the molecule is CCOC(=O)C(C(=O)N1CC=C(COC)CC1)C(C)(C)C. The fourth-order valence-corrected chi connectivity index (χ4v) is 2.46. The van der Waals surface area contributed by atoms with Crippen LogP contribution in [0.25, 0.3) is 0 Å². The zero-order valence-corrected chi connectivity index (χ0v) is 13.8. The highest BCUT2D eigenvalue weighted by Gasteiger charge is 2.41. The number of hydrogen-bond donors (Lipinski definition) is 0. The number of nitrogens with zero attached hydrogens (tertiary/aromatic N) is 1. The van der Waals surface area contributed by atoms with E-state index >= 15 is 0 Å². The Morgan fingerprint density at radius 1 is 1.38 bits per heavy atom. The lowest BCUT2D eigenvalue weighted by molar-refractivity contribution is -0.160. The number of carbonyl (C=O) groups excluding carboxylic acids is 2. The van der Waals surface area contributed by atoms with E-state index in [9.17, 15) is 9.59 Å². The van der Waals surface area contributed by atoms with Crippen molar-refractivity contribution < 1.29 is 19.1 Å². The molecule has 0 aromatic rings. The monoisotopic (exact) mass is 297 g/mol. The quantitative estimate of drug-likeness (QED) is 0.442. The van der Waals surface area contributed by atoms with Crippen LogP contribution in [0.4, 0.5) is 0 Å². The van der Waals surface area contributed by atoms with Crippen LogP contribution in [-0.4, -0.2) is 50.2 Å². The Morgan fingerprint density at radius 3 is 2.48 bits per heavy atom. The van der Waals surface area contributed by atoms with Gasteiger partial charge in [-0.2, -0.15) is 0 Å². The maximum absolute atomic E-state index is 12.7. The first kappa shape index (κ1) is 17.7. The molecule has 1 atom stereocenters. The van der Waals surface area contributed by atoms with Crippen molar-refractivity contribution in [2.75, 3.05) is 33.4 Å². The highest BCUT2D eigenvalue weighted by molar-refractivity contribution is 5.98. The Kier molecular flexibility index (Phi) is 6.40. The van der Waals surface area contributed by atoms with E-state index in [0.29, 0.717) is 19.7 Å². The number of amides is 1. The van der Waals surface area contributed by atoms with Crippen molar-refractivity contribution in [3.05, 3.63) is 11.6 Å². The fourth-order valence-electron chi connectivity index (χ4n) is 2.46. The summed E-state index contributed by atoms with van der Waals surface area (Å²) in [7, 11) is 1.66. The summed E-state index contributed by atoms with van der Waals surface area (Å²) < 4.78 is 10.2.